The van der Waals surface area contributed by atoms with Crippen LogP contribution in [0.15, 0.2) is 0 Å². The molecule has 6 heteroatoms. The number of hydrogen-bond donors (Lipinski definition) is 2. The van der Waals surface area contributed by atoms with Gasteiger partial charge in [0.1, 0.15) is 17.5 Å². The minimum absolute atomic E-state index is 0.0619. The fourth-order valence-corrected chi connectivity index (χ4v) is 1.85. The van der Waals surface area contributed by atoms with Crippen LogP contribution in [0, 0.1) is 6.92 Å². The minimum Gasteiger partial charge on any atom is -0.383 e. The van der Waals surface area contributed by atoms with Crippen molar-refractivity contribution in [2.75, 3.05) is 37.4 Å². The molecule has 1 atom stereocenters. The van der Waals surface area contributed by atoms with Crippen LogP contribution in [0.2, 0.25) is 0 Å². The lowest BCUT2D eigenvalue weighted by atomic mass is 10.2. The van der Waals surface area contributed by atoms with Crippen molar-refractivity contribution in [1.29, 1.82) is 0 Å². The molecule has 0 bridgehead atoms. The molecule has 1 unspecified atom stereocenters. The summed E-state index contributed by atoms with van der Waals surface area (Å²) < 4.78 is 10.9. The van der Waals surface area contributed by atoms with Crippen LogP contribution in [-0.2, 0) is 9.47 Å². The lowest BCUT2D eigenvalue weighted by molar-refractivity contribution is -0.0819. The molecule has 1 fully saturated rings. The maximum absolute atomic E-state index is 5.92. The lowest BCUT2D eigenvalue weighted by Gasteiger charge is -2.24. The van der Waals surface area contributed by atoms with Crippen molar-refractivity contribution in [1.82, 2.24) is 9.97 Å². The normalized spacial score (nSPS) is 19.7. The first-order valence-corrected chi connectivity index (χ1v) is 6.65. The van der Waals surface area contributed by atoms with Crippen LogP contribution in [0.3, 0.4) is 0 Å². The minimum atomic E-state index is 0.0619. The Bertz CT molecular complexity index is 431. The maximum atomic E-state index is 5.92. The van der Waals surface area contributed by atoms with Crippen molar-refractivity contribution in [2.24, 2.45) is 0 Å². The van der Waals surface area contributed by atoms with Gasteiger partial charge < -0.3 is 20.5 Å². The van der Waals surface area contributed by atoms with E-state index >= 15 is 0 Å². The molecule has 0 amide bonds. The highest BCUT2D eigenvalue weighted by Gasteiger charge is 2.16. The van der Waals surface area contributed by atoms with E-state index in [-0.39, 0.29) is 12.0 Å². The van der Waals surface area contributed by atoms with E-state index in [1.807, 2.05) is 20.8 Å². The van der Waals surface area contributed by atoms with Crippen LogP contribution in [0.1, 0.15) is 31.2 Å². The molecule has 0 aliphatic carbocycles. The molecular weight excluding hydrogens is 244 g/mol. The number of anilines is 2. The predicted molar refractivity (Wildman–Crippen MR) is 74.3 cm³/mol. The van der Waals surface area contributed by atoms with Gasteiger partial charge in [0.15, 0.2) is 0 Å². The average Bonchev–Trinajstić information content (AvgIpc) is 2.41. The van der Waals surface area contributed by atoms with E-state index in [4.69, 9.17) is 15.2 Å². The molecule has 0 aromatic carbocycles. The number of nitrogens with two attached hydrogens (primary N) is 1. The van der Waals surface area contributed by atoms with Gasteiger partial charge in [-0.05, 0) is 6.92 Å². The Hall–Kier alpha value is -1.40. The number of rotatable bonds is 4. The zero-order valence-corrected chi connectivity index (χ0v) is 11.8. The van der Waals surface area contributed by atoms with E-state index in [9.17, 15) is 0 Å². The van der Waals surface area contributed by atoms with Crippen LogP contribution >= 0.6 is 0 Å². The van der Waals surface area contributed by atoms with Gasteiger partial charge in [-0.15, -0.1) is 0 Å². The lowest BCUT2D eigenvalue weighted by Crippen LogP contribution is -2.34. The quantitative estimate of drug-likeness (QED) is 0.855. The number of aromatic nitrogens is 2. The highest BCUT2D eigenvalue weighted by atomic mass is 16.6. The van der Waals surface area contributed by atoms with Crippen molar-refractivity contribution >= 4 is 11.6 Å². The van der Waals surface area contributed by atoms with E-state index in [1.165, 1.54) is 0 Å². The number of ether oxygens (including phenoxy) is 2. The average molecular weight is 266 g/mol. The highest BCUT2D eigenvalue weighted by Crippen LogP contribution is 2.21. The smallest absolute Gasteiger partial charge is 0.135 e. The molecule has 0 radical (unpaired) electrons. The van der Waals surface area contributed by atoms with Crippen LogP contribution in [0.4, 0.5) is 11.6 Å². The van der Waals surface area contributed by atoms with Gasteiger partial charge in [0.25, 0.3) is 0 Å². The Labute approximate surface area is 113 Å². The SMILES string of the molecule is Cc1c(N)nc(C(C)C)nc1NCC1COCCO1. The summed E-state index contributed by atoms with van der Waals surface area (Å²) in [5.41, 5.74) is 6.80. The Morgan fingerprint density at radius 1 is 1.37 bits per heavy atom. The van der Waals surface area contributed by atoms with Gasteiger partial charge in [0, 0.05) is 18.0 Å². The maximum Gasteiger partial charge on any atom is 0.135 e. The van der Waals surface area contributed by atoms with Gasteiger partial charge in [-0.3, -0.25) is 0 Å². The fourth-order valence-electron chi connectivity index (χ4n) is 1.85. The Morgan fingerprint density at radius 2 is 2.16 bits per heavy atom. The second-order valence-electron chi connectivity index (χ2n) is 5.04. The third kappa shape index (κ3) is 3.54. The first kappa shape index (κ1) is 14.0. The molecular formula is C13H22N4O2. The van der Waals surface area contributed by atoms with Crippen molar-refractivity contribution in [2.45, 2.75) is 32.8 Å². The van der Waals surface area contributed by atoms with E-state index in [1.54, 1.807) is 0 Å². The summed E-state index contributed by atoms with van der Waals surface area (Å²) in [6.07, 6.45) is 0.0619. The third-order valence-electron chi connectivity index (χ3n) is 3.10. The summed E-state index contributed by atoms with van der Waals surface area (Å²) in [5, 5.41) is 3.28. The van der Waals surface area contributed by atoms with E-state index in [0.717, 1.165) is 17.2 Å². The molecule has 0 spiro atoms. The van der Waals surface area contributed by atoms with Crippen LogP contribution < -0.4 is 11.1 Å². The van der Waals surface area contributed by atoms with Crippen molar-refractivity contribution in [3.05, 3.63) is 11.4 Å². The number of nitrogens with zero attached hydrogens (tertiary/aromatic N) is 2. The van der Waals surface area contributed by atoms with Gasteiger partial charge in [-0.2, -0.15) is 0 Å². The second-order valence-corrected chi connectivity index (χ2v) is 5.04. The Balaban J connectivity index is 2.05. The third-order valence-corrected chi connectivity index (χ3v) is 3.10. The number of nitrogen functional groups attached to an aromatic ring is 1. The van der Waals surface area contributed by atoms with Gasteiger partial charge >= 0.3 is 0 Å². The summed E-state index contributed by atoms with van der Waals surface area (Å²) >= 11 is 0. The van der Waals surface area contributed by atoms with Gasteiger partial charge in [-0.25, -0.2) is 9.97 Å². The fraction of sp³-hybridized carbons (Fsp3) is 0.692. The Kier molecular flexibility index (Phi) is 4.55. The topological polar surface area (TPSA) is 82.3 Å². The van der Waals surface area contributed by atoms with Gasteiger partial charge in [-0.1, -0.05) is 13.8 Å². The van der Waals surface area contributed by atoms with Gasteiger partial charge in [0.05, 0.1) is 25.9 Å². The highest BCUT2D eigenvalue weighted by molar-refractivity contribution is 5.55. The summed E-state index contributed by atoms with van der Waals surface area (Å²) in [6.45, 7) is 8.61. The monoisotopic (exact) mass is 266 g/mol. The summed E-state index contributed by atoms with van der Waals surface area (Å²) in [4.78, 5) is 8.82. The molecule has 1 saturated heterocycles. The molecule has 3 N–H and O–H groups in total. The molecule has 6 nitrogen and oxygen atoms in total. The molecule has 2 rings (SSSR count). The van der Waals surface area contributed by atoms with E-state index in [0.29, 0.717) is 32.2 Å². The summed E-state index contributed by atoms with van der Waals surface area (Å²) in [7, 11) is 0. The molecule has 1 aliphatic heterocycles. The molecule has 19 heavy (non-hydrogen) atoms. The molecule has 1 aromatic rings. The Morgan fingerprint density at radius 3 is 2.79 bits per heavy atom. The first-order valence-electron chi connectivity index (χ1n) is 6.65. The molecule has 1 aromatic heterocycles. The molecule has 2 heterocycles. The van der Waals surface area contributed by atoms with Crippen LogP contribution in [0.5, 0.6) is 0 Å². The molecule has 106 valence electrons. The number of hydrogen-bond acceptors (Lipinski definition) is 6. The largest absolute Gasteiger partial charge is 0.383 e. The zero-order chi connectivity index (χ0) is 13.8. The molecule has 1 aliphatic rings. The van der Waals surface area contributed by atoms with Crippen LogP contribution in [0.25, 0.3) is 0 Å². The van der Waals surface area contributed by atoms with Crippen LogP contribution in [-0.4, -0.2) is 42.4 Å². The first-order chi connectivity index (χ1) is 9.08. The number of nitrogens with one attached hydrogen (secondary N) is 1. The standard InChI is InChI=1S/C13H22N4O2/c1-8(2)12-16-11(14)9(3)13(17-12)15-6-10-7-18-4-5-19-10/h8,10H,4-7H2,1-3H3,(H3,14,15,16,17). The zero-order valence-electron chi connectivity index (χ0n) is 11.8. The van der Waals surface area contributed by atoms with Crippen molar-refractivity contribution < 1.29 is 9.47 Å². The summed E-state index contributed by atoms with van der Waals surface area (Å²) in [5.74, 6) is 2.32. The molecule has 0 saturated carbocycles. The second kappa shape index (κ2) is 6.16. The van der Waals surface area contributed by atoms with Crippen molar-refractivity contribution in [3.63, 3.8) is 0 Å². The summed E-state index contributed by atoms with van der Waals surface area (Å²) in [6, 6.07) is 0. The van der Waals surface area contributed by atoms with Gasteiger partial charge in [0.2, 0.25) is 0 Å². The van der Waals surface area contributed by atoms with Crippen molar-refractivity contribution in [3.8, 4) is 0 Å². The predicted octanol–water partition coefficient (Wildman–Crippen LogP) is 1.32. The van der Waals surface area contributed by atoms with E-state index in [2.05, 4.69) is 15.3 Å². The van der Waals surface area contributed by atoms with E-state index < -0.39 is 0 Å².